The maximum atomic E-state index is 14.1. The van der Waals surface area contributed by atoms with Crippen molar-refractivity contribution in [3.63, 3.8) is 0 Å². The smallest absolute Gasteiger partial charge is 0.355 e. The Labute approximate surface area is 119 Å². The Bertz CT molecular complexity index is 474. The second kappa shape index (κ2) is 6.17. The van der Waals surface area contributed by atoms with Crippen LogP contribution < -0.4 is 10.2 Å². The molecule has 7 heteroatoms. The molecule has 0 radical (unpaired) electrons. The molecule has 0 amide bonds. The summed E-state index contributed by atoms with van der Waals surface area (Å²) in [6.45, 7) is 1.41. The number of hydrogen-bond donors (Lipinski definition) is 1. The van der Waals surface area contributed by atoms with Gasteiger partial charge in [0.05, 0.1) is 0 Å². The Kier molecular flexibility index (Phi) is 4.70. The second-order valence-corrected chi connectivity index (χ2v) is 5.16. The molecule has 0 bridgehead atoms. The van der Waals surface area contributed by atoms with E-state index in [0.717, 1.165) is 17.0 Å². The van der Waals surface area contributed by atoms with Crippen molar-refractivity contribution in [3.05, 3.63) is 29.3 Å². The average Bonchev–Trinajstić information content (AvgIpc) is 3.17. The topological polar surface area (TPSA) is 15.3 Å². The van der Waals surface area contributed by atoms with Gasteiger partial charge in [0.1, 0.15) is 23.9 Å². The highest BCUT2D eigenvalue weighted by atomic mass is 19.4. The van der Waals surface area contributed by atoms with Crippen LogP contribution in [0.25, 0.3) is 0 Å². The van der Waals surface area contributed by atoms with Crippen molar-refractivity contribution in [1.29, 1.82) is 0 Å². The van der Waals surface area contributed by atoms with Gasteiger partial charge in [0.25, 0.3) is 0 Å². The van der Waals surface area contributed by atoms with Crippen LogP contribution in [0.15, 0.2) is 12.1 Å². The first kappa shape index (κ1) is 16.0. The quantitative estimate of drug-likeness (QED) is 0.808. The van der Waals surface area contributed by atoms with Gasteiger partial charge in [0.15, 0.2) is 0 Å². The number of benzene rings is 1. The van der Waals surface area contributed by atoms with Crippen LogP contribution in [0.3, 0.4) is 0 Å². The van der Waals surface area contributed by atoms with Crippen LogP contribution in [0.5, 0.6) is 0 Å². The molecule has 0 aromatic heterocycles. The number of rotatable bonds is 6. The SMILES string of the molecule is CCNCc1cc(F)c(N(CC(F)(F)F)C2CC2)c(F)c1. The zero-order valence-electron chi connectivity index (χ0n) is 11.6. The molecule has 1 aliphatic carbocycles. The van der Waals surface area contributed by atoms with Gasteiger partial charge in [-0.2, -0.15) is 13.2 Å². The Balaban J connectivity index is 2.28. The minimum atomic E-state index is -4.50. The van der Waals surface area contributed by atoms with E-state index in [1.54, 1.807) is 0 Å². The summed E-state index contributed by atoms with van der Waals surface area (Å²) in [6.07, 6.45) is -3.45. The van der Waals surface area contributed by atoms with E-state index in [-0.39, 0.29) is 6.54 Å². The zero-order valence-corrected chi connectivity index (χ0v) is 11.6. The summed E-state index contributed by atoms with van der Waals surface area (Å²) in [7, 11) is 0. The average molecular weight is 308 g/mol. The third-order valence-corrected chi connectivity index (χ3v) is 3.28. The Morgan fingerprint density at radius 1 is 1.19 bits per heavy atom. The predicted octanol–water partition coefficient (Wildman–Crippen LogP) is 3.61. The fraction of sp³-hybridized carbons (Fsp3) is 0.571. The van der Waals surface area contributed by atoms with E-state index < -0.39 is 36.1 Å². The Hall–Kier alpha value is -1.37. The molecule has 1 saturated carbocycles. The molecule has 0 saturated heterocycles. The molecular formula is C14H17F5N2. The standard InChI is InChI=1S/C14H17F5N2/c1-2-20-7-9-5-11(15)13(12(16)6-9)21(10-3-4-10)8-14(17,18)19/h5-6,10,20H,2-4,7-8H2,1H3. The molecule has 21 heavy (non-hydrogen) atoms. The molecule has 1 fully saturated rings. The van der Waals surface area contributed by atoms with Crippen molar-refractivity contribution >= 4 is 5.69 Å². The molecule has 0 atom stereocenters. The Morgan fingerprint density at radius 3 is 2.19 bits per heavy atom. The summed E-state index contributed by atoms with van der Waals surface area (Å²) >= 11 is 0. The van der Waals surface area contributed by atoms with E-state index in [1.807, 2.05) is 6.92 Å². The predicted molar refractivity (Wildman–Crippen MR) is 70.2 cm³/mol. The van der Waals surface area contributed by atoms with E-state index in [4.69, 9.17) is 0 Å². The van der Waals surface area contributed by atoms with Gasteiger partial charge in [-0.05, 0) is 37.1 Å². The van der Waals surface area contributed by atoms with E-state index in [1.165, 1.54) is 0 Å². The summed E-state index contributed by atoms with van der Waals surface area (Å²) in [4.78, 5) is 0.793. The lowest BCUT2D eigenvalue weighted by Crippen LogP contribution is -2.37. The fourth-order valence-corrected chi connectivity index (χ4v) is 2.23. The van der Waals surface area contributed by atoms with Crippen molar-refractivity contribution < 1.29 is 22.0 Å². The van der Waals surface area contributed by atoms with Crippen LogP contribution in [-0.2, 0) is 6.54 Å². The number of nitrogens with zero attached hydrogens (tertiary/aromatic N) is 1. The highest BCUT2D eigenvalue weighted by Gasteiger charge is 2.40. The molecule has 1 aromatic carbocycles. The fourth-order valence-electron chi connectivity index (χ4n) is 2.23. The van der Waals surface area contributed by atoms with Crippen molar-refractivity contribution in [1.82, 2.24) is 5.32 Å². The van der Waals surface area contributed by atoms with Crippen molar-refractivity contribution in [2.75, 3.05) is 18.0 Å². The van der Waals surface area contributed by atoms with E-state index in [2.05, 4.69) is 5.32 Å². The number of hydrogen-bond acceptors (Lipinski definition) is 2. The van der Waals surface area contributed by atoms with Gasteiger partial charge < -0.3 is 10.2 Å². The first-order valence-corrected chi connectivity index (χ1v) is 6.84. The molecule has 0 aliphatic heterocycles. The van der Waals surface area contributed by atoms with Crippen LogP contribution in [-0.4, -0.2) is 25.3 Å². The molecule has 1 aliphatic rings. The van der Waals surface area contributed by atoms with E-state index in [0.29, 0.717) is 24.9 Å². The van der Waals surface area contributed by atoms with Crippen molar-refractivity contribution in [2.24, 2.45) is 0 Å². The molecule has 1 N–H and O–H groups in total. The van der Waals surface area contributed by atoms with Gasteiger partial charge in [0.2, 0.25) is 0 Å². The molecule has 0 unspecified atom stereocenters. The lowest BCUT2D eigenvalue weighted by Gasteiger charge is -2.27. The van der Waals surface area contributed by atoms with Crippen LogP contribution in [0.2, 0.25) is 0 Å². The van der Waals surface area contributed by atoms with Gasteiger partial charge >= 0.3 is 6.18 Å². The van der Waals surface area contributed by atoms with Crippen molar-refractivity contribution in [3.8, 4) is 0 Å². The first-order chi connectivity index (χ1) is 9.81. The molecule has 2 rings (SSSR count). The van der Waals surface area contributed by atoms with Crippen LogP contribution in [0, 0.1) is 11.6 Å². The van der Waals surface area contributed by atoms with Gasteiger partial charge in [-0.1, -0.05) is 6.92 Å². The third-order valence-electron chi connectivity index (χ3n) is 3.28. The van der Waals surface area contributed by atoms with Crippen molar-refractivity contribution in [2.45, 2.75) is 38.5 Å². The van der Waals surface area contributed by atoms with Crippen LogP contribution in [0.1, 0.15) is 25.3 Å². The minimum Gasteiger partial charge on any atom is -0.355 e. The van der Waals surface area contributed by atoms with Crippen LogP contribution >= 0.6 is 0 Å². The van der Waals surface area contributed by atoms with Gasteiger partial charge in [-0.15, -0.1) is 0 Å². The zero-order chi connectivity index (χ0) is 15.6. The molecule has 2 nitrogen and oxygen atoms in total. The number of halogens is 5. The van der Waals surface area contributed by atoms with Gasteiger partial charge in [-0.25, -0.2) is 8.78 Å². The minimum absolute atomic E-state index is 0.271. The molecule has 1 aromatic rings. The number of anilines is 1. The largest absolute Gasteiger partial charge is 0.405 e. The van der Waals surface area contributed by atoms with Gasteiger partial charge in [0, 0.05) is 12.6 Å². The third kappa shape index (κ3) is 4.30. The number of nitrogens with one attached hydrogen (secondary N) is 1. The maximum absolute atomic E-state index is 14.1. The molecular weight excluding hydrogens is 291 g/mol. The van der Waals surface area contributed by atoms with E-state index >= 15 is 0 Å². The highest BCUT2D eigenvalue weighted by molar-refractivity contribution is 5.53. The lowest BCUT2D eigenvalue weighted by atomic mass is 10.1. The lowest BCUT2D eigenvalue weighted by molar-refractivity contribution is -0.120. The summed E-state index contributed by atoms with van der Waals surface area (Å²) < 4.78 is 65.9. The molecule has 0 spiro atoms. The summed E-state index contributed by atoms with van der Waals surface area (Å²) in [5.74, 6) is -1.89. The maximum Gasteiger partial charge on any atom is 0.405 e. The first-order valence-electron chi connectivity index (χ1n) is 6.84. The molecule has 118 valence electrons. The molecule has 0 heterocycles. The number of alkyl halides is 3. The summed E-state index contributed by atoms with van der Waals surface area (Å²) in [6, 6.07) is 1.75. The summed E-state index contributed by atoms with van der Waals surface area (Å²) in [5.41, 5.74) is -0.201. The monoisotopic (exact) mass is 308 g/mol. The van der Waals surface area contributed by atoms with E-state index in [9.17, 15) is 22.0 Å². The van der Waals surface area contributed by atoms with Gasteiger partial charge in [-0.3, -0.25) is 0 Å². The van der Waals surface area contributed by atoms with Crippen LogP contribution in [0.4, 0.5) is 27.6 Å². The second-order valence-electron chi connectivity index (χ2n) is 5.16. The normalized spacial score (nSPS) is 15.3. The Morgan fingerprint density at radius 2 is 1.76 bits per heavy atom. The summed E-state index contributed by atoms with van der Waals surface area (Å²) in [5, 5.41) is 2.91. The highest BCUT2D eigenvalue weighted by Crippen LogP contribution is 2.37.